The van der Waals surface area contributed by atoms with Crippen LogP contribution in [0.4, 0.5) is 8.78 Å². The van der Waals surface area contributed by atoms with E-state index in [0.717, 1.165) is 26.2 Å². The van der Waals surface area contributed by atoms with Crippen molar-refractivity contribution in [2.24, 2.45) is 0 Å². The highest BCUT2D eigenvalue weighted by Crippen LogP contribution is 2.32. The summed E-state index contributed by atoms with van der Waals surface area (Å²) in [6.45, 7) is 5.35. The summed E-state index contributed by atoms with van der Waals surface area (Å²) in [6.07, 6.45) is 0.699. The van der Waals surface area contributed by atoms with Crippen LogP contribution in [0.15, 0.2) is 16.6 Å². The normalized spacial score (nSPS) is 18.9. The molecule has 0 bridgehead atoms. The van der Waals surface area contributed by atoms with Crippen LogP contribution in [0.2, 0.25) is 0 Å². The van der Waals surface area contributed by atoms with E-state index in [1.807, 2.05) is 6.92 Å². The van der Waals surface area contributed by atoms with E-state index >= 15 is 0 Å². The van der Waals surface area contributed by atoms with Crippen LogP contribution in [0.1, 0.15) is 24.9 Å². The van der Waals surface area contributed by atoms with Gasteiger partial charge in [-0.2, -0.15) is 0 Å². The highest BCUT2D eigenvalue weighted by atomic mass is 79.9. The van der Waals surface area contributed by atoms with Gasteiger partial charge in [0.1, 0.15) is 11.6 Å². The molecule has 2 rings (SSSR count). The lowest BCUT2D eigenvalue weighted by molar-refractivity contribution is 0.162. The minimum Gasteiger partial charge on any atom is -0.314 e. The lowest BCUT2D eigenvalue weighted by atomic mass is 10.0. The van der Waals surface area contributed by atoms with Gasteiger partial charge in [0.25, 0.3) is 0 Å². The van der Waals surface area contributed by atoms with Crippen LogP contribution in [-0.2, 0) is 0 Å². The number of rotatable bonds is 3. The quantitative estimate of drug-likeness (QED) is 0.862. The Morgan fingerprint density at radius 2 is 2.00 bits per heavy atom. The first-order valence-corrected chi connectivity index (χ1v) is 7.02. The van der Waals surface area contributed by atoms with Crippen molar-refractivity contribution >= 4 is 15.9 Å². The van der Waals surface area contributed by atoms with Crippen molar-refractivity contribution in [1.29, 1.82) is 0 Å². The van der Waals surface area contributed by atoms with Gasteiger partial charge in [0.2, 0.25) is 0 Å². The molecule has 0 aliphatic carbocycles. The summed E-state index contributed by atoms with van der Waals surface area (Å²) >= 11 is 3.13. The number of hydrogen-bond donors (Lipinski definition) is 1. The molecule has 1 N–H and O–H groups in total. The van der Waals surface area contributed by atoms with Crippen LogP contribution < -0.4 is 5.32 Å². The van der Waals surface area contributed by atoms with E-state index in [9.17, 15) is 8.78 Å². The third-order valence-corrected chi connectivity index (χ3v) is 4.00. The maximum absolute atomic E-state index is 14.1. The summed E-state index contributed by atoms with van der Waals surface area (Å²) in [5.74, 6) is -0.929. The maximum Gasteiger partial charge on any atom is 0.145 e. The van der Waals surface area contributed by atoms with E-state index in [4.69, 9.17) is 0 Å². The van der Waals surface area contributed by atoms with E-state index < -0.39 is 11.6 Å². The Bertz CT molecular complexity index is 420. The highest BCUT2D eigenvalue weighted by Gasteiger charge is 2.26. The molecule has 1 saturated heterocycles. The molecule has 2 nitrogen and oxygen atoms in total. The van der Waals surface area contributed by atoms with Gasteiger partial charge in [0.05, 0.1) is 4.47 Å². The van der Waals surface area contributed by atoms with Gasteiger partial charge in [-0.05, 0) is 34.5 Å². The van der Waals surface area contributed by atoms with Gasteiger partial charge in [0.15, 0.2) is 0 Å². The second kappa shape index (κ2) is 6.08. The van der Waals surface area contributed by atoms with Gasteiger partial charge in [-0.15, -0.1) is 0 Å². The Kier molecular flexibility index (Phi) is 4.70. The minimum absolute atomic E-state index is 0.189. The van der Waals surface area contributed by atoms with E-state index in [2.05, 4.69) is 26.1 Å². The molecule has 5 heteroatoms. The fourth-order valence-electron chi connectivity index (χ4n) is 2.49. The van der Waals surface area contributed by atoms with Crippen LogP contribution in [-0.4, -0.2) is 31.1 Å². The van der Waals surface area contributed by atoms with Gasteiger partial charge in [-0.25, -0.2) is 8.78 Å². The standard InChI is InChI=1S/C13H17BrF2N2/c1-2-11(18-7-5-17-6-8-18)12-10(15)4-3-9(14)13(12)16/h3-4,11,17H,2,5-8H2,1H3/t11-/m0/s1. The van der Waals surface area contributed by atoms with Crippen molar-refractivity contribution in [3.8, 4) is 0 Å². The monoisotopic (exact) mass is 318 g/mol. The number of piperazine rings is 1. The van der Waals surface area contributed by atoms with Crippen molar-refractivity contribution in [2.45, 2.75) is 19.4 Å². The van der Waals surface area contributed by atoms with Gasteiger partial charge in [0, 0.05) is 37.8 Å². The summed E-state index contributed by atoms with van der Waals surface area (Å²) < 4.78 is 28.4. The summed E-state index contributed by atoms with van der Waals surface area (Å²) in [4.78, 5) is 2.14. The molecule has 1 aromatic rings. The topological polar surface area (TPSA) is 15.3 Å². The predicted octanol–water partition coefficient (Wildman–Crippen LogP) is 3.08. The number of benzene rings is 1. The smallest absolute Gasteiger partial charge is 0.145 e. The molecule has 0 unspecified atom stereocenters. The Hall–Kier alpha value is -0.520. The zero-order valence-corrected chi connectivity index (χ0v) is 11.9. The van der Waals surface area contributed by atoms with E-state index in [1.165, 1.54) is 12.1 Å². The minimum atomic E-state index is -0.472. The van der Waals surface area contributed by atoms with Crippen molar-refractivity contribution in [3.63, 3.8) is 0 Å². The molecular weight excluding hydrogens is 302 g/mol. The first kappa shape index (κ1) is 13.9. The molecule has 1 heterocycles. The number of nitrogens with zero attached hydrogens (tertiary/aromatic N) is 1. The zero-order chi connectivity index (χ0) is 13.1. The Morgan fingerprint density at radius 3 is 2.61 bits per heavy atom. The van der Waals surface area contributed by atoms with Gasteiger partial charge >= 0.3 is 0 Å². The summed E-state index contributed by atoms with van der Waals surface area (Å²) in [6, 6.07) is 2.55. The second-order valence-electron chi connectivity index (χ2n) is 4.47. The molecule has 1 fully saturated rings. The number of nitrogens with one attached hydrogen (secondary N) is 1. The molecule has 0 spiro atoms. The van der Waals surface area contributed by atoms with Crippen molar-refractivity contribution in [1.82, 2.24) is 10.2 Å². The zero-order valence-electron chi connectivity index (χ0n) is 10.3. The van der Waals surface area contributed by atoms with Crippen molar-refractivity contribution in [2.75, 3.05) is 26.2 Å². The number of hydrogen-bond acceptors (Lipinski definition) is 2. The lowest BCUT2D eigenvalue weighted by Crippen LogP contribution is -2.45. The molecule has 1 aromatic carbocycles. The molecule has 100 valence electrons. The van der Waals surface area contributed by atoms with Crippen LogP contribution >= 0.6 is 15.9 Å². The van der Waals surface area contributed by atoms with E-state index in [0.29, 0.717) is 10.9 Å². The fourth-order valence-corrected chi connectivity index (χ4v) is 2.83. The maximum atomic E-state index is 14.1. The van der Waals surface area contributed by atoms with Crippen molar-refractivity contribution in [3.05, 3.63) is 33.8 Å². The molecule has 0 amide bonds. The highest BCUT2D eigenvalue weighted by molar-refractivity contribution is 9.10. The Morgan fingerprint density at radius 1 is 1.33 bits per heavy atom. The Balaban J connectivity index is 2.34. The van der Waals surface area contributed by atoms with E-state index in [-0.39, 0.29) is 11.6 Å². The van der Waals surface area contributed by atoms with Crippen LogP contribution in [0.3, 0.4) is 0 Å². The molecule has 18 heavy (non-hydrogen) atoms. The van der Waals surface area contributed by atoms with E-state index in [1.54, 1.807) is 0 Å². The molecule has 1 atom stereocenters. The SMILES string of the molecule is CC[C@@H](c1c(F)ccc(Br)c1F)N1CCNCC1. The Labute approximate surface area is 114 Å². The third-order valence-electron chi connectivity index (χ3n) is 3.39. The molecule has 1 aliphatic rings. The van der Waals surface area contributed by atoms with Gasteiger partial charge in [-0.3, -0.25) is 4.90 Å². The predicted molar refractivity (Wildman–Crippen MR) is 71.5 cm³/mol. The lowest BCUT2D eigenvalue weighted by Gasteiger charge is -2.35. The van der Waals surface area contributed by atoms with Gasteiger partial charge in [-0.1, -0.05) is 6.92 Å². The molecule has 0 radical (unpaired) electrons. The second-order valence-corrected chi connectivity index (χ2v) is 5.32. The molecular formula is C13H17BrF2N2. The van der Waals surface area contributed by atoms with Gasteiger partial charge < -0.3 is 5.32 Å². The summed E-state index contributed by atoms with van der Waals surface area (Å²) in [7, 11) is 0. The largest absolute Gasteiger partial charge is 0.314 e. The van der Waals surface area contributed by atoms with Crippen LogP contribution in [0, 0.1) is 11.6 Å². The number of halogens is 3. The van der Waals surface area contributed by atoms with Crippen molar-refractivity contribution < 1.29 is 8.78 Å². The van der Waals surface area contributed by atoms with Crippen LogP contribution in [0.5, 0.6) is 0 Å². The molecule has 0 aromatic heterocycles. The average molecular weight is 319 g/mol. The fraction of sp³-hybridized carbons (Fsp3) is 0.538. The first-order chi connectivity index (χ1) is 8.65. The summed E-state index contributed by atoms with van der Waals surface area (Å²) in [5, 5.41) is 3.25. The van der Waals surface area contributed by atoms with Crippen LogP contribution in [0.25, 0.3) is 0 Å². The molecule has 0 saturated carbocycles. The molecule has 1 aliphatic heterocycles. The summed E-state index contributed by atoms with van der Waals surface area (Å²) in [5.41, 5.74) is 0.189. The third kappa shape index (κ3) is 2.73. The average Bonchev–Trinajstić information content (AvgIpc) is 2.40. The first-order valence-electron chi connectivity index (χ1n) is 6.23.